The Kier molecular flexibility index (Phi) is 4.19. The summed E-state index contributed by atoms with van der Waals surface area (Å²) in [6, 6.07) is 16.2. The third-order valence-corrected chi connectivity index (χ3v) is 5.44. The first-order valence-electron chi connectivity index (χ1n) is 9.21. The van der Waals surface area contributed by atoms with Crippen LogP contribution >= 0.6 is 11.6 Å². The van der Waals surface area contributed by atoms with Crippen LogP contribution in [0, 0.1) is 0 Å². The van der Waals surface area contributed by atoms with Gasteiger partial charge in [-0.1, -0.05) is 23.7 Å². The molecule has 2 aromatic heterocycles. The SMILES string of the molecule is Clc1ccc2c(N3CCN(Cc4nc5ccccc5[nH]4)CC3)ccnc2c1. The lowest BCUT2D eigenvalue weighted by Crippen LogP contribution is -2.46. The number of para-hydroxylation sites is 2. The number of rotatable bonds is 3. The van der Waals surface area contributed by atoms with Gasteiger partial charge in [-0.15, -0.1) is 0 Å². The molecule has 0 atom stereocenters. The minimum absolute atomic E-state index is 0.725. The van der Waals surface area contributed by atoms with Gasteiger partial charge in [0.1, 0.15) is 5.82 Å². The molecule has 1 aliphatic heterocycles. The van der Waals surface area contributed by atoms with Crippen LogP contribution in [-0.2, 0) is 6.54 Å². The third-order valence-electron chi connectivity index (χ3n) is 5.21. The number of H-pyrrole nitrogens is 1. The van der Waals surface area contributed by atoms with Crippen molar-refractivity contribution in [2.75, 3.05) is 31.1 Å². The van der Waals surface area contributed by atoms with Crippen molar-refractivity contribution in [2.45, 2.75) is 6.54 Å². The van der Waals surface area contributed by atoms with Gasteiger partial charge in [-0.2, -0.15) is 0 Å². The first-order valence-corrected chi connectivity index (χ1v) is 9.59. The van der Waals surface area contributed by atoms with E-state index in [-0.39, 0.29) is 0 Å². The lowest BCUT2D eigenvalue weighted by molar-refractivity contribution is 0.245. The highest BCUT2D eigenvalue weighted by atomic mass is 35.5. The highest BCUT2D eigenvalue weighted by Crippen LogP contribution is 2.28. The molecule has 0 unspecified atom stereocenters. The third kappa shape index (κ3) is 3.24. The Bertz CT molecular complexity index is 1070. The molecule has 0 radical (unpaired) electrons. The molecule has 1 fully saturated rings. The summed E-state index contributed by atoms with van der Waals surface area (Å²) >= 11 is 6.11. The van der Waals surface area contributed by atoms with Crippen molar-refractivity contribution in [1.29, 1.82) is 0 Å². The van der Waals surface area contributed by atoms with E-state index in [2.05, 4.69) is 38.0 Å². The molecule has 2 aromatic carbocycles. The zero-order valence-corrected chi connectivity index (χ0v) is 15.7. The number of nitrogens with one attached hydrogen (secondary N) is 1. The van der Waals surface area contributed by atoms with Crippen LogP contribution in [0.15, 0.2) is 54.7 Å². The second-order valence-electron chi connectivity index (χ2n) is 6.96. The summed E-state index contributed by atoms with van der Waals surface area (Å²) in [6.07, 6.45) is 1.87. The largest absolute Gasteiger partial charge is 0.368 e. The predicted molar refractivity (Wildman–Crippen MR) is 110 cm³/mol. The fourth-order valence-corrected chi connectivity index (χ4v) is 3.99. The van der Waals surface area contributed by atoms with Gasteiger partial charge in [0.2, 0.25) is 0 Å². The van der Waals surface area contributed by atoms with Crippen molar-refractivity contribution in [3.63, 3.8) is 0 Å². The molecule has 0 spiro atoms. The fraction of sp³-hybridized carbons (Fsp3) is 0.238. The number of aromatic nitrogens is 3. The molecule has 136 valence electrons. The van der Waals surface area contributed by atoms with Gasteiger partial charge in [-0.3, -0.25) is 9.88 Å². The molecule has 1 saturated heterocycles. The summed E-state index contributed by atoms with van der Waals surface area (Å²) in [4.78, 5) is 17.5. The first kappa shape index (κ1) is 16.5. The number of fused-ring (bicyclic) bond motifs is 2. The maximum absolute atomic E-state index is 6.11. The lowest BCUT2D eigenvalue weighted by Gasteiger charge is -2.36. The number of hydrogen-bond donors (Lipinski definition) is 1. The van der Waals surface area contributed by atoms with Gasteiger partial charge in [-0.25, -0.2) is 4.98 Å². The molecule has 0 amide bonds. The van der Waals surface area contributed by atoms with E-state index in [0.29, 0.717) is 0 Å². The number of imidazole rings is 1. The topological polar surface area (TPSA) is 48.0 Å². The zero-order chi connectivity index (χ0) is 18.2. The lowest BCUT2D eigenvalue weighted by atomic mass is 10.1. The van der Waals surface area contributed by atoms with E-state index in [4.69, 9.17) is 16.6 Å². The summed E-state index contributed by atoms with van der Waals surface area (Å²) in [6.45, 7) is 4.85. The molecule has 6 heteroatoms. The Morgan fingerprint density at radius 2 is 1.81 bits per heavy atom. The van der Waals surface area contributed by atoms with Crippen LogP contribution in [0.2, 0.25) is 5.02 Å². The molecule has 1 aliphatic rings. The van der Waals surface area contributed by atoms with Crippen molar-refractivity contribution in [2.24, 2.45) is 0 Å². The van der Waals surface area contributed by atoms with Crippen molar-refractivity contribution < 1.29 is 0 Å². The average molecular weight is 378 g/mol. The van der Waals surface area contributed by atoms with Crippen LogP contribution in [0.4, 0.5) is 5.69 Å². The Balaban J connectivity index is 1.30. The maximum atomic E-state index is 6.11. The number of benzene rings is 2. The Morgan fingerprint density at radius 1 is 0.963 bits per heavy atom. The van der Waals surface area contributed by atoms with Crippen LogP contribution < -0.4 is 4.90 Å². The molecule has 1 N–H and O–H groups in total. The Labute approximate surface area is 162 Å². The van der Waals surface area contributed by atoms with E-state index >= 15 is 0 Å². The summed E-state index contributed by atoms with van der Waals surface area (Å²) < 4.78 is 0. The molecular weight excluding hydrogens is 358 g/mol. The first-order chi connectivity index (χ1) is 13.3. The minimum atomic E-state index is 0.725. The number of aromatic amines is 1. The molecular formula is C21H20ClN5. The number of halogens is 1. The minimum Gasteiger partial charge on any atom is -0.368 e. The molecule has 27 heavy (non-hydrogen) atoms. The number of anilines is 1. The van der Waals surface area contributed by atoms with Gasteiger partial charge >= 0.3 is 0 Å². The van der Waals surface area contributed by atoms with Crippen LogP contribution in [0.1, 0.15) is 5.82 Å². The second kappa shape index (κ2) is 6.83. The van der Waals surface area contributed by atoms with E-state index in [9.17, 15) is 0 Å². The monoisotopic (exact) mass is 377 g/mol. The normalized spacial score (nSPS) is 15.7. The predicted octanol–water partition coefficient (Wildman–Crippen LogP) is 4.09. The quantitative estimate of drug-likeness (QED) is 0.584. The van der Waals surface area contributed by atoms with Gasteiger partial charge in [0.05, 0.1) is 23.1 Å². The van der Waals surface area contributed by atoms with E-state index in [1.807, 2.05) is 36.5 Å². The van der Waals surface area contributed by atoms with Gasteiger partial charge in [0.15, 0.2) is 0 Å². The average Bonchev–Trinajstić information content (AvgIpc) is 3.10. The van der Waals surface area contributed by atoms with Gasteiger partial charge in [0, 0.05) is 48.5 Å². The number of hydrogen-bond acceptors (Lipinski definition) is 4. The van der Waals surface area contributed by atoms with E-state index in [0.717, 1.165) is 65.5 Å². The van der Waals surface area contributed by atoms with Crippen molar-refractivity contribution in [1.82, 2.24) is 19.9 Å². The summed E-state index contributed by atoms with van der Waals surface area (Å²) in [7, 11) is 0. The van der Waals surface area contributed by atoms with Crippen LogP contribution in [0.3, 0.4) is 0 Å². The van der Waals surface area contributed by atoms with E-state index in [1.165, 1.54) is 5.69 Å². The molecule has 3 heterocycles. The van der Waals surface area contributed by atoms with Crippen LogP contribution in [-0.4, -0.2) is 46.0 Å². The summed E-state index contributed by atoms with van der Waals surface area (Å²) in [5, 5.41) is 1.88. The van der Waals surface area contributed by atoms with Gasteiger partial charge in [-0.05, 0) is 36.4 Å². The number of piperazine rings is 1. The Hall–Kier alpha value is -2.63. The van der Waals surface area contributed by atoms with Crippen molar-refractivity contribution >= 4 is 39.2 Å². The number of pyridine rings is 1. The molecule has 4 aromatic rings. The van der Waals surface area contributed by atoms with E-state index in [1.54, 1.807) is 0 Å². The van der Waals surface area contributed by atoms with Crippen LogP contribution in [0.25, 0.3) is 21.9 Å². The van der Waals surface area contributed by atoms with E-state index < -0.39 is 0 Å². The highest BCUT2D eigenvalue weighted by Gasteiger charge is 2.20. The van der Waals surface area contributed by atoms with Crippen molar-refractivity contribution in [3.8, 4) is 0 Å². The fourth-order valence-electron chi connectivity index (χ4n) is 3.82. The van der Waals surface area contributed by atoms with Gasteiger partial charge in [0.25, 0.3) is 0 Å². The maximum Gasteiger partial charge on any atom is 0.121 e. The molecule has 0 saturated carbocycles. The molecule has 5 nitrogen and oxygen atoms in total. The summed E-state index contributed by atoms with van der Waals surface area (Å²) in [5.74, 6) is 1.04. The van der Waals surface area contributed by atoms with Crippen LogP contribution in [0.5, 0.6) is 0 Å². The Morgan fingerprint density at radius 3 is 2.67 bits per heavy atom. The zero-order valence-electron chi connectivity index (χ0n) is 14.9. The highest BCUT2D eigenvalue weighted by molar-refractivity contribution is 6.31. The molecule has 0 aliphatic carbocycles. The van der Waals surface area contributed by atoms with Crippen molar-refractivity contribution in [3.05, 3.63) is 65.6 Å². The number of nitrogens with zero attached hydrogens (tertiary/aromatic N) is 4. The summed E-state index contributed by atoms with van der Waals surface area (Å²) in [5.41, 5.74) is 4.32. The molecule has 5 rings (SSSR count). The molecule has 0 bridgehead atoms. The standard InChI is InChI=1S/C21H20ClN5/c22-15-5-6-16-19(13-15)23-8-7-20(16)27-11-9-26(10-12-27)14-21-24-17-3-1-2-4-18(17)25-21/h1-8,13H,9-12,14H2,(H,24,25). The smallest absolute Gasteiger partial charge is 0.121 e. The van der Waals surface area contributed by atoms with Gasteiger partial charge < -0.3 is 9.88 Å². The second-order valence-corrected chi connectivity index (χ2v) is 7.39.